The molecule has 0 saturated heterocycles. The van der Waals surface area contributed by atoms with E-state index in [1.165, 1.54) is 14.0 Å². The smallest absolute Gasteiger partial charge is 0.159 e. The second-order valence-electron chi connectivity index (χ2n) is 8.04. The van der Waals surface area contributed by atoms with Crippen LogP contribution >= 0.6 is 11.6 Å². The molecule has 0 amide bonds. The summed E-state index contributed by atoms with van der Waals surface area (Å²) >= 11 is 6.41. The number of aromatic nitrogens is 2. The Balaban J connectivity index is 1.99. The van der Waals surface area contributed by atoms with Crippen LogP contribution in [0.4, 0.5) is 11.4 Å². The molecule has 0 unspecified atom stereocenters. The quantitative estimate of drug-likeness (QED) is 0.189. The highest BCUT2D eigenvalue weighted by atomic mass is 35.5. The maximum atomic E-state index is 13.4. The predicted molar refractivity (Wildman–Crippen MR) is 162 cm³/mol. The number of carbonyl (C=O) groups excluding carboxylic acids is 1. The predicted octanol–water partition coefficient (Wildman–Crippen LogP) is 6.41. The normalized spacial score (nSPS) is 19.7. The molecule has 0 aliphatic heterocycles. The molecule has 0 fully saturated rings. The van der Waals surface area contributed by atoms with Crippen LogP contribution in [0, 0.1) is 18.3 Å². The Hall–Kier alpha value is -4.45. The number of hydrogen-bond donors (Lipinski definition) is 1. The van der Waals surface area contributed by atoms with Crippen LogP contribution in [0.5, 0.6) is 11.5 Å². The van der Waals surface area contributed by atoms with Crippen molar-refractivity contribution < 1.29 is 41.7 Å². The van der Waals surface area contributed by atoms with E-state index in [2.05, 4.69) is 15.3 Å². The molecule has 0 aliphatic rings. The number of benzene rings is 2. The lowest BCUT2D eigenvalue weighted by molar-refractivity contribution is -0.114. The first-order valence-corrected chi connectivity index (χ1v) is 11.8. The van der Waals surface area contributed by atoms with E-state index < -0.39 is 162 Å². The summed E-state index contributed by atoms with van der Waals surface area (Å²) < 4.78 is 174. The monoisotopic (exact) mass is 589 g/mol. The molecule has 1 N–H and O–H groups in total. The van der Waals surface area contributed by atoms with Crippen molar-refractivity contribution >= 4 is 39.7 Å². The van der Waals surface area contributed by atoms with Gasteiger partial charge in [-0.05, 0) is 70.1 Å². The van der Waals surface area contributed by atoms with Gasteiger partial charge in [0.25, 0.3) is 0 Å². The fraction of sp³-hybridized carbons (Fsp3) is 0.250. The molecule has 8 nitrogen and oxygen atoms in total. The van der Waals surface area contributed by atoms with Crippen LogP contribution in [0.25, 0.3) is 10.9 Å². The van der Waals surface area contributed by atoms with Crippen molar-refractivity contribution in [2.75, 3.05) is 32.4 Å². The van der Waals surface area contributed by atoms with Gasteiger partial charge in [0.05, 0.1) is 53.2 Å². The van der Waals surface area contributed by atoms with E-state index in [-0.39, 0.29) is 5.69 Å². The van der Waals surface area contributed by atoms with Crippen molar-refractivity contribution in [3.05, 3.63) is 94.2 Å². The number of rotatable bonds is 12. The summed E-state index contributed by atoms with van der Waals surface area (Å²) in [5.41, 5.74) is -4.50. The summed E-state index contributed by atoms with van der Waals surface area (Å²) in [6.07, 6.45) is -1.10. The zero-order valence-electron chi connectivity index (χ0n) is 41.4. The number of pyridine rings is 2. The summed E-state index contributed by atoms with van der Waals surface area (Å²) in [7, 11) is 1.18. The molecule has 9 heteroatoms. The Morgan fingerprint density at radius 3 is 2.98 bits per heavy atom. The molecule has 2 aromatic carbocycles. The maximum Gasteiger partial charge on any atom is 0.159 e. The average molecular weight is 590 g/mol. The van der Waals surface area contributed by atoms with Crippen LogP contribution in [-0.4, -0.2) is 47.8 Å². The van der Waals surface area contributed by atoms with Crippen LogP contribution in [0.15, 0.2) is 66.6 Å². The first-order chi connectivity index (χ1) is 27.8. The number of aryl methyl sites for hydroxylation is 1. The summed E-state index contributed by atoms with van der Waals surface area (Å²) in [6, 6.07) is -5.96. The third-order valence-electron chi connectivity index (χ3n) is 4.97. The lowest BCUT2D eigenvalue weighted by atomic mass is 10.0. The lowest BCUT2D eigenvalue weighted by Gasteiger charge is -2.16. The first kappa shape index (κ1) is 13.0. The largest absolute Gasteiger partial charge is 0.494 e. The number of likely N-dealkylation sites (N-methyl/N-ethyl adjacent to an activating group) is 1. The first-order valence-electron chi connectivity index (χ1n) is 21.5. The van der Waals surface area contributed by atoms with Gasteiger partial charge in [0, 0.05) is 55.7 Å². The third kappa shape index (κ3) is 7.82. The van der Waals surface area contributed by atoms with Gasteiger partial charge in [-0.3, -0.25) is 14.8 Å². The van der Waals surface area contributed by atoms with Gasteiger partial charge in [0.1, 0.15) is 24.1 Å². The number of carbonyl (C=O) groups is 1. The molecule has 0 radical (unpaired) electrons. The van der Waals surface area contributed by atoms with Crippen molar-refractivity contribution in [1.29, 1.82) is 5.26 Å². The molecule has 4 rings (SSSR count). The van der Waals surface area contributed by atoms with Crippen LogP contribution < -0.4 is 14.8 Å². The number of hydrogen-bond acceptors (Lipinski definition) is 8. The van der Waals surface area contributed by atoms with E-state index in [4.69, 9.17) is 47.1 Å². The van der Waals surface area contributed by atoms with Gasteiger partial charge in [0.2, 0.25) is 0 Å². The van der Waals surface area contributed by atoms with Crippen molar-refractivity contribution in [2.24, 2.45) is 0 Å². The zero-order valence-corrected chi connectivity index (χ0v) is 22.1. The summed E-state index contributed by atoms with van der Waals surface area (Å²) in [4.78, 5) is 21.9. The topological polar surface area (TPSA) is 100 Å². The van der Waals surface area contributed by atoms with Gasteiger partial charge in [-0.25, -0.2) is 0 Å². The van der Waals surface area contributed by atoms with Crippen molar-refractivity contribution in [2.45, 2.75) is 26.8 Å². The van der Waals surface area contributed by atoms with Gasteiger partial charge < -0.3 is 19.7 Å². The molecule has 0 saturated carbocycles. The number of ether oxygens (including phenoxy) is 2. The Morgan fingerprint density at radius 2 is 2.17 bits per heavy atom. The number of fused-ring (bicyclic) bond motifs is 1. The molecule has 0 atom stereocenters. The second kappa shape index (κ2) is 13.8. The Kier molecular flexibility index (Phi) is 4.37. The van der Waals surface area contributed by atoms with Gasteiger partial charge in [-0.1, -0.05) is 23.7 Å². The van der Waals surface area contributed by atoms with E-state index >= 15 is 0 Å². The fourth-order valence-corrected chi connectivity index (χ4v) is 3.41. The van der Waals surface area contributed by atoms with E-state index in [0.717, 1.165) is 11.0 Å². The lowest BCUT2D eigenvalue weighted by Crippen LogP contribution is -2.11. The van der Waals surface area contributed by atoms with Crippen LogP contribution in [-0.2, 0) is 17.8 Å². The van der Waals surface area contributed by atoms with Crippen molar-refractivity contribution in [3.63, 3.8) is 0 Å². The minimum absolute atomic E-state index is 0.142. The van der Waals surface area contributed by atoms with Gasteiger partial charge in [-0.15, -0.1) is 0 Å². The Labute approximate surface area is 273 Å². The number of ketones is 1. The van der Waals surface area contributed by atoms with Crippen molar-refractivity contribution in [1.82, 2.24) is 14.9 Å². The highest BCUT2D eigenvalue weighted by molar-refractivity contribution is 6.32. The number of allylic oxidation sites excluding steroid dienone is 1. The summed E-state index contributed by atoms with van der Waals surface area (Å²) in [6.45, 7) is -12.0. The molecule has 0 spiro atoms. The zero-order chi connectivity index (χ0) is 46.6. The molecule has 2 heterocycles. The number of nitrogens with one attached hydrogen (secondary N) is 1. The van der Waals surface area contributed by atoms with Gasteiger partial charge in [0.15, 0.2) is 5.78 Å². The summed E-state index contributed by atoms with van der Waals surface area (Å²) in [5.74, 6) is -3.11. The second-order valence-corrected chi connectivity index (χ2v) is 8.42. The molecular formula is C32H32ClN5O3. The Bertz CT molecular complexity index is 2510. The van der Waals surface area contributed by atoms with E-state index in [9.17, 15) is 11.4 Å². The fourth-order valence-electron chi connectivity index (χ4n) is 3.23. The third-order valence-corrected chi connectivity index (χ3v) is 5.23. The van der Waals surface area contributed by atoms with Crippen LogP contribution in [0.2, 0.25) is 5.02 Å². The summed E-state index contributed by atoms with van der Waals surface area (Å²) in [5, 5.41) is 11.2. The minimum Gasteiger partial charge on any atom is -0.494 e. The number of anilines is 2. The van der Waals surface area contributed by atoms with E-state index in [0.29, 0.717) is 0 Å². The maximum absolute atomic E-state index is 13.4. The number of halogens is 1. The molecule has 41 heavy (non-hydrogen) atoms. The minimum atomic E-state index is -3.59. The van der Waals surface area contributed by atoms with Crippen LogP contribution in [0.1, 0.15) is 56.8 Å². The van der Waals surface area contributed by atoms with Crippen LogP contribution in [0.3, 0.4) is 0 Å². The van der Waals surface area contributed by atoms with Gasteiger partial charge in [-0.2, -0.15) is 5.26 Å². The Morgan fingerprint density at radius 1 is 1.29 bits per heavy atom. The molecule has 0 aliphatic carbocycles. The highest BCUT2D eigenvalue weighted by Crippen LogP contribution is 2.36. The van der Waals surface area contributed by atoms with Crippen molar-refractivity contribution in [3.8, 4) is 17.6 Å². The van der Waals surface area contributed by atoms with E-state index in [1.54, 1.807) is 6.07 Å². The van der Waals surface area contributed by atoms with E-state index in [1.807, 2.05) is 0 Å². The molecule has 4 aromatic rings. The SMILES string of the molecule is [2H]/C(=C\CN(C)C([2H])([2H])[2H])C(=O)Cc1c(OC([2H])([2H])C([2H])([2H])[2H])c([2H])c2nc([2H])c(C#N)c(Nc3c([2H])c([2H])c(OC([2H])([2H])c4nc(C)c([2H])c([2H])c4[2H])c(Cl)c3[2H])c2c1[2H]. The van der Waals surface area contributed by atoms with Gasteiger partial charge >= 0.3 is 0 Å². The number of nitriles is 1. The molecule has 210 valence electrons. The molecular weight excluding hydrogens is 538 g/mol. The standard InChI is InChI=1S/C32H32ClN5O3/c1-5-40-31-17-29-27(15-22(31)14-26(39)10-7-13-38(3)4)32(23(18-34)19-35-29)37-24-11-12-30(28(33)16-24)41-20-25-9-6-8-21(2)36-25/h6-12,15-17,19H,5,13-14,20H2,1-4H3,(H,35,37)/b10-7+/i1D3,3D3,5D2,6D,8D,9D,10D,11D,12D,15D,16D,17D,19D,20D2. The molecule has 0 bridgehead atoms. The average Bonchev–Trinajstić information content (AvgIpc) is 3.15. The highest BCUT2D eigenvalue weighted by Gasteiger charge is 2.16. The number of nitrogens with zero attached hydrogens (tertiary/aromatic N) is 4. The molecule has 2 aromatic heterocycles.